The molecule has 0 atom stereocenters. The van der Waals surface area contributed by atoms with Crippen molar-refractivity contribution in [2.24, 2.45) is 0 Å². The summed E-state index contributed by atoms with van der Waals surface area (Å²) in [6.45, 7) is 0.932. The largest absolute Gasteiger partial charge is 0.369 e. The van der Waals surface area contributed by atoms with E-state index in [0.717, 1.165) is 35.7 Å². The quantitative estimate of drug-likeness (QED) is 0.786. The van der Waals surface area contributed by atoms with Gasteiger partial charge in [0.1, 0.15) is 5.82 Å². The van der Waals surface area contributed by atoms with Crippen LogP contribution >= 0.6 is 11.6 Å². The number of fused-ring (bicyclic) bond motifs is 1. The second-order valence-corrected chi connectivity index (χ2v) is 5.42. The van der Waals surface area contributed by atoms with E-state index in [-0.39, 0.29) is 0 Å². The van der Waals surface area contributed by atoms with Gasteiger partial charge in [0, 0.05) is 35.1 Å². The molecule has 1 aromatic carbocycles. The van der Waals surface area contributed by atoms with Gasteiger partial charge in [-0.15, -0.1) is 0 Å². The van der Waals surface area contributed by atoms with Crippen molar-refractivity contribution in [3.8, 4) is 16.9 Å². The Morgan fingerprint density at radius 1 is 1.19 bits per heavy atom. The third kappa shape index (κ3) is 2.08. The minimum atomic E-state index is 0.706. The molecule has 0 unspecified atom stereocenters. The van der Waals surface area contributed by atoms with E-state index in [2.05, 4.69) is 10.3 Å². The Morgan fingerprint density at radius 3 is 2.95 bits per heavy atom. The lowest BCUT2D eigenvalue weighted by molar-refractivity contribution is 0.882. The van der Waals surface area contributed by atoms with Gasteiger partial charge in [0.25, 0.3) is 0 Å². The van der Waals surface area contributed by atoms with Crippen molar-refractivity contribution in [3.05, 3.63) is 59.4 Å². The van der Waals surface area contributed by atoms with E-state index >= 15 is 0 Å². The minimum absolute atomic E-state index is 0.706. The van der Waals surface area contributed by atoms with E-state index in [1.807, 2.05) is 47.3 Å². The van der Waals surface area contributed by atoms with Crippen LogP contribution in [0.5, 0.6) is 0 Å². The Kier molecular flexibility index (Phi) is 2.89. The summed E-state index contributed by atoms with van der Waals surface area (Å²) < 4.78 is 1.93. The maximum Gasteiger partial charge on any atom is 0.133 e. The Hall–Kier alpha value is -2.33. The van der Waals surface area contributed by atoms with Crippen molar-refractivity contribution in [3.63, 3.8) is 0 Å². The summed E-state index contributed by atoms with van der Waals surface area (Å²) in [6.07, 6.45) is 4.60. The van der Waals surface area contributed by atoms with Gasteiger partial charge in [0.05, 0.1) is 11.4 Å². The number of pyridine rings is 1. The predicted molar refractivity (Wildman–Crippen MR) is 84.0 cm³/mol. The molecule has 0 fully saturated rings. The van der Waals surface area contributed by atoms with Gasteiger partial charge in [-0.25, -0.2) is 4.68 Å². The van der Waals surface area contributed by atoms with Gasteiger partial charge in [0.2, 0.25) is 0 Å². The number of benzene rings is 1. The van der Waals surface area contributed by atoms with Crippen molar-refractivity contribution in [2.75, 3.05) is 11.9 Å². The zero-order valence-electron chi connectivity index (χ0n) is 11.3. The molecule has 104 valence electrons. The molecule has 0 amide bonds. The first kappa shape index (κ1) is 12.4. The van der Waals surface area contributed by atoms with Crippen molar-refractivity contribution in [2.45, 2.75) is 6.42 Å². The standard InChI is InChI=1S/C16H13ClN4/c17-12-4-1-5-13(9-12)21-16-14(6-8-19-16)15(20-21)11-3-2-7-18-10-11/h1-5,7,9-10,19H,6,8H2. The van der Waals surface area contributed by atoms with E-state index in [1.54, 1.807) is 6.20 Å². The number of hydrogen-bond donors (Lipinski definition) is 1. The van der Waals surface area contributed by atoms with Gasteiger partial charge in [-0.3, -0.25) is 4.98 Å². The predicted octanol–water partition coefficient (Wildman–Crippen LogP) is 3.56. The molecule has 0 bridgehead atoms. The van der Waals surface area contributed by atoms with E-state index < -0.39 is 0 Å². The van der Waals surface area contributed by atoms with Crippen LogP contribution < -0.4 is 5.32 Å². The highest BCUT2D eigenvalue weighted by Crippen LogP contribution is 2.34. The zero-order chi connectivity index (χ0) is 14.2. The van der Waals surface area contributed by atoms with E-state index in [1.165, 1.54) is 5.56 Å². The summed E-state index contributed by atoms with van der Waals surface area (Å²) in [6, 6.07) is 11.7. The Balaban J connectivity index is 1.91. The highest BCUT2D eigenvalue weighted by molar-refractivity contribution is 6.30. The van der Waals surface area contributed by atoms with Gasteiger partial charge in [-0.1, -0.05) is 17.7 Å². The van der Waals surface area contributed by atoms with Crippen LogP contribution in [-0.2, 0) is 6.42 Å². The molecule has 1 N–H and O–H groups in total. The first-order chi connectivity index (χ1) is 10.3. The lowest BCUT2D eigenvalue weighted by Crippen LogP contribution is -2.04. The van der Waals surface area contributed by atoms with Crippen molar-refractivity contribution in [1.29, 1.82) is 0 Å². The summed E-state index contributed by atoms with van der Waals surface area (Å²) in [5.74, 6) is 1.05. The molecule has 0 aliphatic carbocycles. The molecule has 3 heterocycles. The van der Waals surface area contributed by atoms with Gasteiger partial charge in [-0.2, -0.15) is 5.10 Å². The van der Waals surface area contributed by atoms with Crippen LogP contribution in [-0.4, -0.2) is 21.3 Å². The number of nitrogens with zero attached hydrogens (tertiary/aromatic N) is 3. The molecule has 0 saturated carbocycles. The van der Waals surface area contributed by atoms with Crippen molar-refractivity contribution in [1.82, 2.24) is 14.8 Å². The van der Waals surface area contributed by atoms with Crippen LogP contribution in [0.4, 0.5) is 5.82 Å². The SMILES string of the molecule is Clc1cccc(-n2nc(-c3cccnc3)c3c2NCC3)c1. The molecule has 4 rings (SSSR count). The smallest absolute Gasteiger partial charge is 0.133 e. The topological polar surface area (TPSA) is 42.7 Å². The Morgan fingerprint density at radius 2 is 2.14 bits per heavy atom. The second kappa shape index (κ2) is 4.90. The molecule has 0 spiro atoms. The molecule has 21 heavy (non-hydrogen) atoms. The fourth-order valence-corrected chi connectivity index (χ4v) is 2.89. The summed E-state index contributed by atoms with van der Waals surface area (Å²) in [5, 5.41) is 8.89. The molecular weight excluding hydrogens is 284 g/mol. The van der Waals surface area contributed by atoms with Crippen LogP contribution in [0.2, 0.25) is 5.02 Å². The number of anilines is 1. The van der Waals surface area contributed by atoms with Crippen LogP contribution in [0, 0.1) is 0 Å². The zero-order valence-corrected chi connectivity index (χ0v) is 12.0. The highest BCUT2D eigenvalue weighted by Gasteiger charge is 2.23. The van der Waals surface area contributed by atoms with Crippen LogP contribution in [0.25, 0.3) is 16.9 Å². The first-order valence-corrected chi connectivity index (χ1v) is 7.23. The molecule has 3 aromatic rings. The number of hydrogen-bond acceptors (Lipinski definition) is 3. The highest BCUT2D eigenvalue weighted by atomic mass is 35.5. The molecule has 0 saturated heterocycles. The van der Waals surface area contributed by atoms with E-state index in [4.69, 9.17) is 16.7 Å². The fraction of sp³-hybridized carbons (Fsp3) is 0.125. The van der Waals surface area contributed by atoms with Crippen molar-refractivity contribution < 1.29 is 0 Å². The number of halogens is 1. The van der Waals surface area contributed by atoms with Crippen LogP contribution in [0.3, 0.4) is 0 Å². The fourth-order valence-electron chi connectivity index (χ4n) is 2.70. The lowest BCUT2D eigenvalue weighted by atomic mass is 10.1. The van der Waals surface area contributed by atoms with Crippen LogP contribution in [0.15, 0.2) is 48.8 Å². The van der Waals surface area contributed by atoms with E-state index in [9.17, 15) is 0 Å². The first-order valence-electron chi connectivity index (χ1n) is 6.85. The van der Waals surface area contributed by atoms with Gasteiger partial charge in [-0.05, 0) is 36.8 Å². The van der Waals surface area contributed by atoms with Crippen molar-refractivity contribution >= 4 is 17.4 Å². The summed E-state index contributed by atoms with van der Waals surface area (Å²) >= 11 is 6.10. The molecule has 1 aliphatic rings. The average Bonchev–Trinajstić information content (AvgIpc) is 3.10. The summed E-state index contributed by atoms with van der Waals surface area (Å²) in [5.41, 5.74) is 4.23. The molecule has 5 heteroatoms. The second-order valence-electron chi connectivity index (χ2n) is 4.99. The van der Waals surface area contributed by atoms with Gasteiger partial charge >= 0.3 is 0 Å². The monoisotopic (exact) mass is 296 g/mol. The van der Waals surface area contributed by atoms with Gasteiger partial charge < -0.3 is 5.32 Å². The maximum absolute atomic E-state index is 6.10. The third-order valence-electron chi connectivity index (χ3n) is 3.64. The van der Waals surface area contributed by atoms with Crippen LogP contribution in [0.1, 0.15) is 5.56 Å². The van der Waals surface area contributed by atoms with E-state index in [0.29, 0.717) is 5.02 Å². The number of nitrogens with one attached hydrogen (secondary N) is 1. The number of aromatic nitrogens is 3. The minimum Gasteiger partial charge on any atom is -0.369 e. The molecule has 1 aliphatic heterocycles. The normalized spacial score (nSPS) is 13.0. The summed E-state index contributed by atoms with van der Waals surface area (Å²) in [7, 11) is 0. The van der Waals surface area contributed by atoms with Gasteiger partial charge in [0.15, 0.2) is 0 Å². The molecule has 4 nitrogen and oxygen atoms in total. The maximum atomic E-state index is 6.10. The number of rotatable bonds is 2. The third-order valence-corrected chi connectivity index (χ3v) is 3.87. The average molecular weight is 297 g/mol. The lowest BCUT2D eigenvalue weighted by Gasteiger charge is -2.06. The molecular formula is C16H13ClN4. The molecule has 0 radical (unpaired) electrons. The Bertz CT molecular complexity index is 795. The Labute approximate surface area is 127 Å². The summed E-state index contributed by atoms with van der Waals surface area (Å²) in [4.78, 5) is 4.19. The molecule has 2 aromatic heterocycles.